The molecule has 0 aromatic heterocycles. The molecule has 0 aliphatic heterocycles. The van der Waals surface area contributed by atoms with Gasteiger partial charge in [-0.3, -0.25) is 4.79 Å². The molecule has 0 saturated carbocycles. The average Bonchev–Trinajstić information content (AvgIpc) is 2.53. The zero-order valence-corrected chi connectivity index (χ0v) is 13.6. The molecule has 0 heterocycles. The van der Waals surface area contributed by atoms with Crippen LogP contribution in [-0.4, -0.2) is 12.0 Å². The Morgan fingerprint density at radius 1 is 1.14 bits per heavy atom. The van der Waals surface area contributed by atoms with Gasteiger partial charge < -0.3 is 10.1 Å². The zero-order chi connectivity index (χ0) is 15.9. The largest absolute Gasteiger partial charge is 0.481 e. The van der Waals surface area contributed by atoms with Crippen molar-refractivity contribution in [2.75, 3.05) is 0 Å². The lowest BCUT2D eigenvalue weighted by Gasteiger charge is -2.17. The summed E-state index contributed by atoms with van der Waals surface area (Å²) in [5.41, 5.74) is 2.16. The SMILES string of the molecule is CC[C@H](Oc1ccc(C)cc1)C(=O)NCc1ccc(Cl)cc1. The molecule has 2 aromatic carbocycles. The Balaban J connectivity index is 1.91. The lowest BCUT2D eigenvalue weighted by Crippen LogP contribution is -2.37. The van der Waals surface area contributed by atoms with Gasteiger partial charge >= 0.3 is 0 Å². The van der Waals surface area contributed by atoms with Crippen molar-refractivity contribution in [1.82, 2.24) is 5.32 Å². The number of rotatable bonds is 6. The van der Waals surface area contributed by atoms with Gasteiger partial charge in [-0.15, -0.1) is 0 Å². The smallest absolute Gasteiger partial charge is 0.261 e. The molecule has 3 nitrogen and oxygen atoms in total. The summed E-state index contributed by atoms with van der Waals surface area (Å²) in [6.07, 6.45) is 0.121. The number of hydrogen-bond acceptors (Lipinski definition) is 2. The highest BCUT2D eigenvalue weighted by atomic mass is 35.5. The highest BCUT2D eigenvalue weighted by molar-refractivity contribution is 6.30. The van der Waals surface area contributed by atoms with Crippen LogP contribution in [0, 0.1) is 6.92 Å². The number of aryl methyl sites for hydroxylation is 1. The number of halogens is 1. The number of carbonyl (C=O) groups is 1. The van der Waals surface area contributed by atoms with E-state index in [1.54, 1.807) is 0 Å². The van der Waals surface area contributed by atoms with E-state index in [0.29, 0.717) is 23.7 Å². The number of benzene rings is 2. The van der Waals surface area contributed by atoms with Gasteiger partial charge in [-0.1, -0.05) is 48.4 Å². The Bertz CT molecular complexity index is 608. The van der Waals surface area contributed by atoms with Crippen LogP contribution in [-0.2, 0) is 11.3 Å². The van der Waals surface area contributed by atoms with Crippen molar-refractivity contribution < 1.29 is 9.53 Å². The van der Waals surface area contributed by atoms with Crippen LogP contribution in [0.4, 0.5) is 0 Å². The predicted molar refractivity (Wildman–Crippen MR) is 89.2 cm³/mol. The number of carbonyl (C=O) groups excluding carboxylic acids is 1. The van der Waals surface area contributed by atoms with Gasteiger partial charge in [-0.25, -0.2) is 0 Å². The summed E-state index contributed by atoms with van der Waals surface area (Å²) in [7, 11) is 0. The lowest BCUT2D eigenvalue weighted by atomic mass is 10.2. The quantitative estimate of drug-likeness (QED) is 0.870. The Kier molecular flexibility index (Phi) is 5.84. The fraction of sp³-hybridized carbons (Fsp3) is 0.278. The van der Waals surface area contributed by atoms with Gasteiger partial charge in [-0.05, 0) is 43.2 Å². The molecule has 0 aliphatic carbocycles. The van der Waals surface area contributed by atoms with E-state index in [4.69, 9.17) is 16.3 Å². The van der Waals surface area contributed by atoms with E-state index >= 15 is 0 Å². The lowest BCUT2D eigenvalue weighted by molar-refractivity contribution is -0.128. The van der Waals surface area contributed by atoms with Gasteiger partial charge in [0.2, 0.25) is 0 Å². The summed E-state index contributed by atoms with van der Waals surface area (Å²) in [5, 5.41) is 3.58. The van der Waals surface area contributed by atoms with Crippen LogP contribution in [0.2, 0.25) is 5.02 Å². The molecule has 0 aliphatic rings. The molecule has 0 fully saturated rings. The fourth-order valence-corrected chi connectivity index (χ4v) is 2.13. The van der Waals surface area contributed by atoms with Crippen molar-refractivity contribution in [1.29, 1.82) is 0 Å². The zero-order valence-electron chi connectivity index (χ0n) is 12.8. The highest BCUT2D eigenvalue weighted by Crippen LogP contribution is 2.15. The van der Waals surface area contributed by atoms with Gasteiger partial charge in [0.05, 0.1) is 0 Å². The highest BCUT2D eigenvalue weighted by Gasteiger charge is 2.17. The van der Waals surface area contributed by atoms with Crippen molar-refractivity contribution in [2.24, 2.45) is 0 Å². The van der Waals surface area contributed by atoms with Crippen LogP contribution >= 0.6 is 11.6 Å². The Morgan fingerprint density at radius 3 is 2.36 bits per heavy atom. The molecule has 0 spiro atoms. The van der Waals surface area contributed by atoms with E-state index in [0.717, 1.165) is 11.1 Å². The first kappa shape index (κ1) is 16.4. The van der Waals surface area contributed by atoms with Gasteiger partial charge in [-0.2, -0.15) is 0 Å². The molecule has 2 aromatic rings. The summed E-state index contributed by atoms with van der Waals surface area (Å²) >= 11 is 5.84. The summed E-state index contributed by atoms with van der Waals surface area (Å²) in [4.78, 5) is 12.2. The van der Waals surface area contributed by atoms with E-state index in [-0.39, 0.29) is 5.91 Å². The summed E-state index contributed by atoms with van der Waals surface area (Å²) in [6, 6.07) is 15.1. The fourth-order valence-electron chi connectivity index (χ4n) is 2.01. The maximum absolute atomic E-state index is 12.2. The summed E-state index contributed by atoms with van der Waals surface area (Å²) in [5.74, 6) is 0.595. The molecule has 1 atom stereocenters. The van der Waals surface area contributed by atoms with E-state index in [9.17, 15) is 4.79 Å². The maximum Gasteiger partial charge on any atom is 0.261 e. The summed E-state index contributed by atoms with van der Waals surface area (Å²) in [6.45, 7) is 4.41. The minimum Gasteiger partial charge on any atom is -0.481 e. The van der Waals surface area contributed by atoms with Crippen molar-refractivity contribution in [3.8, 4) is 5.75 Å². The Hall–Kier alpha value is -2.00. The molecule has 1 N–H and O–H groups in total. The first-order valence-corrected chi connectivity index (χ1v) is 7.71. The molecule has 1 amide bonds. The third-order valence-electron chi connectivity index (χ3n) is 3.34. The van der Waals surface area contributed by atoms with Crippen LogP contribution < -0.4 is 10.1 Å². The van der Waals surface area contributed by atoms with E-state index < -0.39 is 6.10 Å². The van der Waals surface area contributed by atoms with Gasteiger partial charge in [0.1, 0.15) is 5.75 Å². The molecule has 0 radical (unpaired) electrons. The van der Waals surface area contributed by atoms with Crippen molar-refractivity contribution in [2.45, 2.75) is 32.9 Å². The molecule has 2 rings (SSSR count). The first-order chi connectivity index (χ1) is 10.6. The first-order valence-electron chi connectivity index (χ1n) is 7.34. The summed E-state index contributed by atoms with van der Waals surface area (Å²) < 4.78 is 5.75. The van der Waals surface area contributed by atoms with E-state index in [1.165, 1.54) is 0 Å². The van der Waals surface area contributed by atoms with Crippen molar-refractivity contribution in [3.05, 3.63) is 64.7 Å². The van der Waals surface area contributed by atoms with Crippen molar-refractivity contribution in [3.63, 3.8) is 0 Å². The monoisotopic (exact) mass is 317 g/mol. The van der Waals surface area contributed by atoms with Crippen LogP contribution in [0.5, 0.6) is 5.75 Å². The molecular weight excluding hydrogens is 298 g/mol. The molecule has 0 bridgehead atoms. The maximum atomic E-state index is 12.2. The Labute approximate surface area is 136 Å². The predicted octanol–water partition coefficient (Wildman–Crippen LogP) is 4.12. The second-order valence-corrected chi connectivity index (χ2v) is 5.61. The number of nitrogens with one attached hydrogen (secondary N) is 1. The molecule has 4 heteroatoms. The normalized spacial score (nSPS) is 11.8. The molecule has 22 heavy (non-hydrogen) atoms. The van der Waals surface area contributed by atoms with Gasteiger partial charge in [0.15, 0.2) is 6.10 Å². The number of hydrogen-bond donors (Lipinski definition) is 1. The minimum atomic E-state index is -0.491. The van der Waals surface area contributed by atoms with Crippen molar-refractivity contribution >= 4 is 17.5 Å². The second kappa shape index (κ2) is 7.85. The topological polar surface area (TPSA) is 38.3 Å². The van der Waals surface area contributed by atoms with Gasteiger partial charge in [0.25, 0.3) is 5.91 Å². The molecular formula is C18H20ClNO2. The van der Waals surface area contributed by atoms with Crippen LogP contribution in [0.1, 0.15) is 24.5 Å². The van der Waals surface area contributed by atoms with Crippen LogP contribution in [0.3, 0.4) is 0 Å². The number of ether oxygens (including phenoxy) is 1. The van der Waals surface area contributed by atoms with Crippen LogP contribution in [0.25, 0.3) is 0 Å². The van der Waals surface area contributed by atoms with Crippen LogP contribution in [0.15, 0.2) is 48.5 Å². The molecule has 0 saturated heterocycles. The van der Waals surface area contributed by atoms with Gasteiger partial charge in [0, 0.05) is 11.6 Å². The standard InChI is InChI=1S/C18H20ClNO2/c1-3-17(22-16-10-4-13(2)5-11-16)18(21)20-12-14-6-8-15(19)9-7-14/h4-11,17H,3,12H2,1-2H3,(H,20,21)/t17-/m0/s1. The Morgan fingerprint density at radius 2 is 1.77 bits per heavy atom. The second-order valence-electron chi connectivity index (χ2n) is 5.17. The number of amides is 1. The third kappa shape index (κ3) is 4.78. The molecule has 116 valence electrons. The average molecular weight is 318 g/mol. The minimum absolute atomic E-state index is 0.113. The molecule has 0 unspecified atom stereocenters. The van der Waals surface area contributed by atoms with E-state index in [1.807, 2.05) is 62.4 Å². The van der Waals surface area contributed by atoms with E-state index in [2.05, 4.69) is 5.32 Å². The third-order valence-corrected chi connectivity index (χ3v) is 3.59.